The molecule has 0 heterocycles. The molecule has 3 heteroatoms. The van der Waals surface area contributed by atoms with Crippen LogP contribution < -0.4 is 5.32 Å². The Labute approximate surface area is 119 Å². The summed E-state index contributed by atoms with van der Waals surface area (Å²) in [6.07, 6.45) is 0. The molecule has 2 aromatic carbocycles. The molecule has 0 amide bonds. The molecule has 1 unspecified atom stereocenters. The lowest BCUT2D eigenvalue weighted by molar-refractivity contribution is 0.688. The van der Waals surface area contributed by atoms with Crippen molar-refractivity contribution in [1.82, 2.24) is 5.32 Å². The molecule has 0 aliphatic rings. The van der Waals surface area contributed by atoms with Crippen LogP contribution >= 0.6 is 31.9 Å². The molecule has 1 atom stereocenters. The van der Waals surface area contributed by atoms with Gasteiger partial charge in [0.2, 0.25) is 0 Å². The number of benzene rings is 2. The molecule has 2 rings (SSSR count). The van der Waals surface area contributed by atoms with Crippen molar-refractivity contribution in [3.05, 3.63) is 68.6 Å². The number of hydrogen-bond acceptors (Lipinski definition) is 1. The largest absolute Gasteiger partial charge is 0.309 e. The second-order valence-electron chi connectivity index (χ2n) is 3.80. The minimum Gasteiger partial charge on any atom is -0.309 e. The number of nitrogens with one attached hydrogen (secondary N) is 1. The molecule has 0 fully saturated rings. The zero-order valence-electron chi connectivity index (χ0n) is 9.45. The Morgan fingerprint density at radius 3 is 2.35 bits per heavy atom. The SMILES string of the molecule is CNC(c1ccccc1)c1cc(Br)ccc1Br. The molecule has 88 valence electrons. The zero-order valence-corrected chi connectivity index (χ0v) is 12.6. The maximum atomic E-state index is 3.61. The van der Waals surface area contributed by atoms with E-state index in [1.807, 2.05) is 19.2 Å². The smallest absolute Gasteiger partial charge is 0.0585 e. The summed E-state index contributed by atoms with van der Waals surface area (Å²) in [4.78, 5) is 0. The van der Waals surface area contributed by atoms with Crippen molar-refractivity contribution in [3.8, 4) is 0 Å². The van der Waals surface area contributed by atoms with E-state index in [0.717, 1.165) is 8.95 Å². The van der Waals surface area contributed by atoms with Gasteiger partial charge in [0.05, 0.1) is 6.04 Å². The monoisotopic (exact) mass is 353 g/mol. The van der Waals surface area contributed by atoms with Gasteiger partial charge in [0.15, 0.2) is 0 Å². The van der Waals surface area contributed by atoms with E-state index in [1.54, 1.807) is 0 Å². The van der Waals surface area contributed by atoms with Gasteiger partial charge in [0, 0.05) is 8.95 Å². The molecule has 2 aromatic rings. The first-order chi connectivity index (χ1) is 8.22. The summed E-state index contributed by atoms with van der Waals surface area (Å²) in [5, 5.41) is 3.35. The second kappa shape index (κ2) is 5.80. The Hall–Kier alpha value is -0.640. The van der Waals surface area contributed by atoms with Gasteiger partial charge in [-0.05, 0) is 36.4 Å². The first-order valence-electron chi connectivity index (χ1n) is 5.39. The van der Waals surface area contributed by atoms with Crippen molar-refractivity contribution < 1.29 is 0 Å². The average molecular weight is 355 g/mol. The van der Waals surface area contributed by atoms with Crippen LogP contribution in [-0.2, 0) is 0 Å². The van der Waals surface area contributed by atoms with E-state index >= 15 is 0 Å². The predicted octanol–water partition coefficient (Wildman–Crippen LogP) is 4.52. The molecule has 0 spiro atoms. The van der Waals surface area contributed by atoms with Crippen molar-refractivity contribution in [2.24, 2.45) is 0 Å². The summed E-state index contributed by atoms with van der Waals surface area (Å²) in [6.45, 7) is 0. The highest BCUT2D eigenvalue weighted by atomic mass is 79.9. The lowest BCUT2D eigenvalue weighted by Gasteiger charge is -2.19. The molecule has 0 radical (unpaired) electrons. The summed E-state index contributed by atoms with van der Waals surface area (Å²) in [6, 6.07) is 16.9. The maximum Gasteiger partial charge on any atom is 0.0585 e. The standard InChI is InChI=1S/C14H13Br2N/c1-17-14(10-5-3-2-4-6-10)12-9-11(15)7-8-13(12)16/h2-9,14,17H,1H3. The first-order valence-corrected chi connectivity index (χ1v) is 6.98. The Balaban J connectivity index is 2.46. The molecule has 0 bridgehead atoms. The van der Waals surface area contributed by atoms with Crippen LogP contribution in [-0.4, -0.2) is 7.05 Å². The summed E-state index contributed by atoms with van der Waals surface area (Å²) in [5.41, 5.74) is 2.49. The van der Waals surface area contributed by atoms with Gasteiger partial charge in [0.25, 0.3) is 0 Å². The number of rotatable bonds is 3. The topological polar surface area (TPSA) is 12.0 Å². The molecule has 0 saturated carbocycles. The molecule has 0 saturated heterocycles. The van der Waals surface area contributed by atoms with Crippen LogP contribution in [0.2, 0.25) is 0 Å². The third-order valence-electron chi connectivity index (χ3n) is 2.69. The van der Waals surface area contributed by atoms with Crippen LogP contribution in [0.4, 0.5) is 0 Å². The van der Waals surface area contributed by atoms with Gasteiger partial charge in [0.1, 0.15) is 0 Å². The Morgan fingerprint density at radius 2 is 1.71 bits per heavy atom. The lowest BCUT2D eigenvalue weighted by atomic mass is 9.99. The van der Waals surface area contributed by atoms with Crippen LogP contribution in [0.25, 0.3) is 0 Å². The van der Waals surface area contributed by atoms with Gasteiger partial charge >= 0.3 is 0 Å². The van der Waals surface area contributed by atoms with Crippen molar-refractivity contribution in [2.75, 3.05) is 7.05 Å². The van der Waals surface area contributed by atoms with Crippen LogP contribution in [0, 0.1) is 0 Å². The van der Waals surface area contributed by atoms with E-state index in [0.29, 0.717) is 0 Å². The quantitative estimate of drug-likeness (QED) is 0.854. The van der Waals surface area contributed by atoms with Crippen LogP contribution in [0.1, 0.15) is 17.2 Å². The highest BCUT2D eigenvalue weighted by molar-refractivity contribution is 9.11. The Bertz CT molecular complexity index is 497. The molecule has 1 nitrogen and oxygen atoms in total. The van der Waals surface area contributed by atoms with Gasteiger partial charge in [-0.2, -0.15) is 0 Å². The van der Waals surface area contributed by atoms with Crippen LogP contribution in [0.3, 0.4) is 0 Å². The normalized spacial score (nSPS) is 12.4. The fraction of sp³-hybridized carbons (Fsp3) is 0.143. The van der Waals surface area contributed by atoms with E-state index in [1.165, 1.54) is 11.1 Å². The van der Waals surface area contributed by atoms with Gasteiger partial charge < -0.3 is 5.32 Å². The second-order valence-corrected chi connectivity index (χ2v) is 5.57. The number of hydrogen-bond donors (Lipinski definition) is 1. The van der Waals surface area contributed by atoms with Crippen molar-refractivity contribution in [2.45, 2.75) is 6.04 Å². The van der Waals surface area contributed by atoms with E-state index in [-0.39, 0.29) is 6.04 Å². The van der Waals surface area contributed by atoms with Gasteiger partial charge in [-0.15, -0.1) is 0 Å². The molecular formula is C14H13Br2N. The molecule has 1 N–H and O–H groups in total. The van der Waals surface area contributed by atoms with Gasteiger partial charge in [-0.1, -0.05) is 62.2 Å². The summed E-state index contributed by atoms with van der Waals surface area (Å²) in [7, 11) is 1.98. The summed E-state index contributed by atoms with van der Waals surface area (Å²) in [5.74, 6) is 0. The van der Waals surface area contributed by atoms with Gasteiger partial charge in [-0.3, -0.25) is 0 Å². The average Bonchev–Trinajstić information content (AvgIpc) is 2.36. The molecule has 17 heavy (non-hydrogen) atoms. The van der Waals surface area contributed by atoms with Crippen LogP contribution in [0.5, 0.6) is 0 Å². The van der Waals surface area contributed by atoms with E-state index < -0.39 is 0 Å². The van der Waals surface area contributed by atoms with Crippen molar-refractivity contribution in [1.29, 1.82) is 0 Å². The molecule has 0 aliphatic heterocycles. The van der Waals surface area contributed by atoms with E-state index in [2.05, 4.69) is 73.6 Å². The summed E-state index contributed by atoms with van der Waals surface area (Å²) < 4.78 is 2.20. The van der Waals surface area contributed by atoms with Crippen LogP contribution in [0.15, 0.2) is 57.5 Å². The van der Waals surface area contributed by atoms with E-state index in [9.17, 15) is 0 Å². The van der Waals surface area contributed by atoms with E-state index in [4.69, 9.17) is 0 Å². The predicted molar refractivity (Wildman–Crippen MR) is 79.2 cm³/mol. The minimum atomic E-state index is 0.197. The molecule has 0 aliphatic carbocycles. The third-order valence-corrected chi connectivity index (χ3v) is 3.91. The molecular weight excluding hydrogens is 342 g/mol. The number of halogens is 2. The highest BCUT2D eigenvalue weighted by Gasteiger charge is 2.14. The van der Waals surface area contributed by atoms with Crippen molar-refractivity contribution >= 4 is 31.9 Å². The summed E-state index contributed by atoms with van der Waals surface area (Å²) >= 11 is 7.13. The zero-order chi connectivity index (χ0) is 12.3. The first kappa shape index (κ1) is 12.8. The minimum absolute atomic E-state index is 0.197. The highest BCUT2D eigenvalue weighted by Crippen LogP contribution is 2.30. The Kier molecular flexibility index (Phi) is 4.37. The fourth-order valence-electron chi connectivity index (χ4n) is 1.88. The van der Waals surface area contributed by atoms with Crippen molar-refractivity contribution in [3.63, 3.8) is 0 Å². The van der Waals surface area contributed by atoms with Gasteiger partial charge in [-0.25, -0.2) is 0 Å². The molecule has 0 aromatic heterocycles. The fourth-order valence-corrected chi connectivity index (χ4v) is 2.74. The third kappa shape index (κ3) is 2.97. The Morgan fingerprint density at radius 1 is 1.00 bits per heavy atom. The lowest BCUT2D eigenvalue weighted by Crippen LogP contribution is -2.18. The maximum absolute atomic E-state index is 3.61.